The number of thioether (sulfide) groups is 1. The van der Waals surface area contributed by atoms with Gasteiger partial charge in [0.05, 0.1) is 18.5 Å². The van der Waals surface area contributed by atoms with Gasteiger partial charge in [-0.05, 0) is 18.7 Å². The zero-order valence-electron chi connectivity index (χ0n) is 12.4. The Morgan fingerprint density at radius 2 is 2.09 bits per heavy atom. The lowest BCUT2D eigenvalue weighted by molar-refractivity contribution is 0.0593. The third-order valence-corrected chi connectivity index (χ3v) is 3.52. The van der Waals surface area contributed by atoms with Crippen molar-refractivity contribution in [2.75, 3.05) is 13.7 Å². The van der Waals surface area contributed by atoms with Crippen LogP contribution in [0.3, 0.4) is 0 Å². The average molecular weight is 535 g/mol. The molecule has 3 N–H and O–H groups in total. The van der Waals surface area contributed by atoms with Crippen LogP contribution in [-0.2, 0) is 16.9 Å². The standard InChI is InChI=1S/C13H16N4O2S.3BrH/c1-19-12(18)11-10(5-6-14)16-13(17-11)20-8-9-4-2-3-7-15-9;;;/h2-4,7H,5-6,8,14H2,1H3,(H,16,17);3*1H. The summed E-state index contributed by atoms with van der Waals surface area (Å²) in [6.07, 6.45) is 2.28. The number of rotatable bonds is 6. The van der Waals surface area contributed by atoms with E-state index in [-0.39, 0.29) is 50.9 Å². The van der Waals surface area contributed by atoms with Crippen molar-refractivity contribution in [3.8, 4) is 0 Å². The molecule has 0 fully saturated rings. The van der Waals surface area contributed by atoms with E-state index >= 15 is 0 Å². The van der Waals surface area contributed by atoms with Gasteiger partial charge in [-0.2, -0.15) is 0 Å². The van der Waals surface area contributed by atoms with Crippen LogP contribution in [0, 0.1) is 0 Å². The minimum absolute atomic E-state index is 0. The van der Waals surface area contributed by atoms with Crippen LogP contribution in [0.2, 0.25) is 0 Å². The fraction of sp³-hybridized carbons (Fsp3) is 0.308. The molecule has 0 unspecified atom stereocenters. The molecule has 0 saturated heterocycles. The maximum atomic E-state index is 11.6. The second-order valence-corrected chi connectivity index (χ2v) is 4.97. The Morgan fingerprint density at radius 1 is 1.35 bits per heavy atom. The molecule has 2 aromatic rings. The van der Waals surface area contributed by atoms with Crippen molar-refractivity contribution in [1.82, 2.24) is 15.0 Å². The Balaban J connectivity index is 0. The van der Waals surface area contributed by atoms with E-state index in [1.165, 1.54) is 18.9 Å². The molecule has 0 saturated carbocycles. The number of imidazole rings is 1. The molecule has 2 aromatic heterocycles. The summed E-state index contributed by atoms with van der Waals surface area (Å²) in [6, 6.07) is 5.75. The molecular formula is C13H19Br3N4O2S. The molecular weight excluding hydrogens is 516 g/mol. The number of hydrogen-bond acceptors (Lipinski definition) is 6. The largest absolute Gasteiger partial charge is 0.464 e. The smallest absolute Gasteiger partial charge is 0.356 e. The van der Waals surface area contributed by atoms with Gasteiger partial charge in [-0.25, -0.2) is 9.78 Å². The first-order valence-corrected chi connectivity index (χ1v) is 7.13. The van der Waals surface area contributed by atoms with Gasteiger partial charge in [0.15, 0.2) is 5.16 Å². The van der Waals surface area contributed by atoms with E-state index < -0.39 is 5.97 Å². The number of carbonyl (C=O) groups excluding carboxylic acids is 1. The number of nitrogens with one attached hydrogen (secondary N) is 1. The number of nitrogens with zero attached hydrogens (tertiary/aromatic N) is 2. The predicted molar refractivity (Wildman–Crippen MR) is 107 cm³/mol. The first-order chi connectivity index (χ1) is 9.74. The van der Waals surface area contributed by atoms with E-state index in [2.05, 4.69) is 15.0 Å². The summed E-state index contributed by atoms with van der Waals surface area (Å²) in [5.74, 6) is 0.252. The van der Waals surface area contributed by atoms with Crippen LogP contribution in [0.1, 0.15) is 21.9 Å². The average Bonchev–Trinajstić information content (AvgIpc) is 2.89. The van der Waals surface area contributed by atoms with Crippen molar-refractivity contribution in [3.63, 3.8) is 0 Å². The number of aromatic nitrogens is 3. The van der Waals surface area contributed by atoms with E-state index in [4.69, 9.17) is 10.5 Å². The summed E-state index contributed by atoms with van der Waals surface area (Å²) in [7, 11) is 1.34. The van der Waals surface area contributed by atoms with Crippen molar-refractivity contribution in [2.24, 2.45) is 5.73 Å². The lowest BCUT2D eigenvalue weighted by Crippen LogP contribution is -2.09. The molecule has 23 heavy (non-hydrogen) atoms. The molecule has 0 aliphatic rings. The van der Waals surface area contributed by atoms with E-state index in [1.54, 1.807) is 6.20 Å². The monoisotopic (exact) mass is 532 g/mol. The number of pyridine rings is 1. The number of aromatic amines is 1. The Bertz CT molecular complexity index is 584. The van der Waals surface area contributed by atoms with Gasteiger partial charge in [0.2, 0.25) is 0 Å². The molecule has 0 aliphatic carbocycles. The summed E-state index contributed by atoms with van der Waals surface area (Å²) in [5, 5.41) is 0.666. The highest BCUT2D eigenvalue weighted by atomic mass is 79.9. The van der Waals surface area contributed by atoms with Crippen LogP contribution in [0.25, 0.3) is 0 Å². The van der Waals surface area contributed by atoms with E-state index in [0.717, 1.165) is 5.69 Å². The first kappa shape index (κ1) is 24.8. The summed E-state index contributed by atoms with van der Waals surface area (Å²) >= 11 is 1.48. The van der Waals surface area contributed by atoms with Gasteiger partial charge in [-0.3, -0.25) is 4.98 Å². The number of H-pyrrole nitrogens is 1. The third-order valence-electron chi connectivity index (χ3n) is 2.61. The van der Waals surface area contributed by atoms with Crippen LogP contribution in [0.5, 0.6) is 0 Å². The van der Waals surface area contributed by atoms with E-state index in [0.29, 0.717) is 35.3 Å². The van der Waals surface area contributed by atoms with Gasteiger partial charge in [0.25, 0.3) is 0 Å². The van der Waals surface area contributed by atoms with Gasteiger partial charge in [0.1, 0.15) is 5.69 Å². The lowest BCUT2D eigenvalue weighted by Gasteiger charge is -1.98. The van der Waals surface area contributed by atoms with Crippen LogP contribution >= 0.6 is 62.7 Å². The zero-order valence-corrected chi connectivity index (χ0v) is 18.3. The number of nitrogens with two attached hydrogens (primary N) is 1. The minimum atomic E-state index is -0.425. The molecule has 0 radical (unpaired) electrons. The second-order valence-electron chi connectivity index (χ2n) is 4.00. The third kappa shape index (κ3) is 7.34. The van der Waals surface area contributed by atoms with Crippen LogP contribution in [0.4, 0.5) is 0 Å². The number of esters is 1. The fourth-order valence-corrected chi connectivity index (χ4v) is 2.47. The molecule has 0 aliphatic heterocycles. The lowest BCUT2D eigenvalue weighted by atomic mass is 10.2. The summed E-state index contributed by atoms with van der Waals surface area (Å²) in [6.45, 7) is 0.430. The summed E-state index contributed by atoms with van der Waals surface area (Å²) in [4.78, 5) is 23.2. The van der Waals surface area contributed by atoms with Crippen molar-refractivity contribution in [3.05, 3.63) is 41.5 Å². The van der Waals surface area contributed by atoms with Gasteiger partial charge < -0.3 is 15.5 Å². The normalized spacial score (nSPS) is 9.13. The highest BCUT2D eigenvalue weighted by Crippen LogP contribution is 2.21. The summed E-state index contributed by atoms with van der Waals surface area (Å²) in [5.41, 5.74) is 7.49. The summed E-state index contributed by atoms with van der Waals surface area (Å²) < 4.78 is 4.73. The fourth-order valence-electron chi connectivity index (χ4n) is 1.67. The Kier molecular flexibility index (Phi) is 14.0. The van der Waals surface area contributed by atoms with E-state index in [9.17, 15) is 4.79 Å². The maximum absolute atomic E-state index is 11.6. The quantitative estimate of drug-likeness (QED) is 0.437. The molecule has 6 nitrogen and oxygen atoms in total. The molecule has 2 rings (SSSR count). The Labute approximate surface area is 170 Å². The van der Waals surface area contributed by atoms with Crippen LogP contribution in [-0.4, -0.2) is 34.6 Å². The molecule has 0 bridgehead atoms. The first-order valence-electron chi connectivity index (χ1n) is 6.14. The molecule has 0 aromatic carbocycles. The van der Waals surface area contributed by atoms with Crippen molar-refractivity contribution < 1.29 is 9.53 Å². The van der Waals surface area contributed by atoms with Crippen molar-refractivity contribution in [1.29, 1.82) is 0 Å². The number of carbonyl (C=O) groups is 1. The highest BCUT2D eigenvalue weighted by molar-refractivity contribution is 8.93. The topological polar surface area (TPSA) is 93.9 Å². The molecule has 0 atom stereocenters. The van der Waals surface area contributed by atoms with Crippen molar-refractivity contribution >= 4 is 68.7 Å². The maximum Gasteiger partial charge on any atom is 0.356 e. The SMILES string of the molecule is Br.Br.Br.COC(=O)c1[nH]c(SCc2ccccn2)nc1CCN. The minimum Gasteiger partial charge on any atom is -0.464 e. The molecule has 0 amide bonds. The molecule has 0 spiro atoms. The molecule has 10 heteroatoms. The van der Waals surface area contributed by atoms with Crippen molar-refractivity contribution in [2.45, 2.75) is 17.3 Å². The zero-order chi connectivity index (χ0) is 14.4. The second kappa shape index (κ2) is 12.9. The highest BCUT2D eigenvalue weighted by Gasteiger charge is 2.17. The number of hydrogen-bond donors (Lipinski definition) is 2. The number of ether oxygens (including phenoxy) is 1. The molecule has 2 heterocycles. The number of halogens is 3. The van der Waals surface area contributed by atoms with Crippen LogP contribution < -0.4 is 5.73 Å². The predicted octanol–water partition coefficient (Wildman–Crippen LogP) is 3.12. The van der Waals surface area contributed by atoms with Gasteiger partial charge in [-0.1, -0.05) is 17.8 Å². The Hall–Kier alpha value is -0.420. The number of methoxy groups -OCH3 is 1. The van der Waals surface area contributed by atoms with Gasteiger partial charge in [0, 0.05) is 18.4 Å². The van der Waals surface area contributed by atoms with Gasteiger partial charge in [-0.15, -0.1) is 50.9 Å². The Morgan fingerprint density at radius 3 is 2.65 bits per heavy atom. The molecule has 130 valence electrons. The van der Waals surface area contributed by atoms with E-state index in [1.807, 2.05) is 18.2 Å². The van der Waals surface area contributed by atoms with Gasteiger partial charge >= 0.3 is 5.97 Å². The van der Waals surface area contributed by atoms with Crippen LogP contribution in [0.15, 0.2) is 29.6 Å².